The maximum Gasteiger partial charge on any atom is 0.320 e. The SMILES string of the molecule is CC(C)(C)OC(=O)CNC1C(OCc2ccccc2)C(NCCCO)C(OCc2ccccc2)C(NCC(=O)OC(C)(C)C)C1OCc1ccccc1. The average molecular weight is 734 g/mol. The monoisotopic (exact) mass is 733 g/mol. The third-order valence-corrected chi connectivity index (χ3v) is 8.50. The summed E-state index contributed by atoms with van der Waals surface area (Å²) in [6, 6.07) is 27.9. The second-order valence-electron chi connectivity index (χ2n) is 15.3. The van der Waals surface area contributed by atoms with E-state index in [0.29, 0.717) is 13.0 Å². The number of nitrogens with one attached hydrogen (secondary N) is 3. The van der Waals surface area contributed by atoms with Gasteiger partial charge in [-0.15, -0.1) is 0 Å². The average Bonchev–Trinajstić information content (AvgIpc) is 3.11. The minimum atomic E-state index is -0.683. The van der Waals surface area contributed by atoms with Crippen LogP contribution in [-0.2, 0) is 53.1 Å². The summed E-state index contributed by atoms with van der Waals surface area (Å²) in [5, 5.41) is 20.3. The topological polar surface area (TPSA) is 137 Å². The Balaban J connectivity index is 1.80. The minimum absolute atomic E-state index is 0.00570. The molecule has 1 aliphatic rings. The lowest BCUT2D eigenvalue weighted by Gasteiger charge is -2.51. The molecule has 4 N–H and O–H groups in total. The van der Waals surface area contributed by atoms with E-state index in [-0.39, 0.29) is 39.5 Å². The molecule has 1 aliphatic carbocycles. The molecule has 0 heterocycles. The molecular formula is C42H59N3O8. The Morgan fingerprint density at radius 1 is 0.547 bits per heavy atom. The zero-order chi connectivity index (χ0) is 38.3. The number of ether oxygens (including phenoxy) is 5. The number of carbonyl (C=O) groups is 2. The van der Waals surface area contributed by atoms with E-state index in [1.165, 1.54) is 0 Å². The largest absolute Gasteiger partial charge is 0.459 e. The van der Waals surface area contributed by atoms with Gasteiger partial charge in [-0.05, 0) is 71.2 Å². The molecule has 0 aromatic heterocycles. The highest BCUT2D eigenvalue weighted by atomic mass is 16.6. The van der Waals surface area contributed by atoms with E-state index in [1.807, 2.05) is 133 Å². The van der Waals surface area contributed by atoms with Crippen LogP contribution in [0.4, 0.5) is 0 Å². The lowest BCUT2D eigenvalue weighted by Crippen LogP contribution is -2.75. The molecule has 11 nitrogen and oxygen atoms in total. The molecule has 1 fully saturated rings. The summed E-state index contributed by atoms with van der Waals surface area (Å²) in [5.74, 6) is -0.849. The molecule has 1 saturated carbocycles. The Morgan fingerprint density at radius 2 is 0.868 bits per heavy atom. The van der Waals surface area contributed by atoms with Crippen LogP contribution in [0.25, 0.3) is 0 Å². The van der Waals surface area contributed by atoms with E-state index in [1.54, 1.807) is 0 Å². The van der Waals surface area contributed by atoms with Crippen LogP contribution in [0.2, 0.25) is 0 Å². The first-order valence-electron chi connectivity index (χ1n) is 18.5. The van der Waals surface area contributed by atoms with Gasteiger partial charge in [0.1, 0.15) is 11.2 Å². The zero-order valence-corrected chi connectivity index (χ0v) is 32.1. The predicted molar refractivity (Wildman–Crippen MR) is 204 cm³/mol. The number of hydrogen-bond donors (Lipinski definition) is 4. The Bertz CT molecular complexity index is 1410. The van der Waals surface area contributed by atoms with Crippen LogP contribution in [0.5, 0.6) is 0 Å². The van der Waals surface area contributed by atoms with E-state index in [0.717, 1.165) is 16.7 Å². The van der Waals surface area contributed by atoms with Gasteiger partial charge < -0.3 is 34.1 Å². The maximum absolute atomic E-state index is 13.2. The van der Waals surface area contributed by atoms with Crippen LogP contribution in [0.3, 0.4) is 0 Å². The number of rotatable bonds is 19. The fourth-order valence-electron chi connectivity index (χ4n) is 6.36. The summed E-state index contributed by atoms with van der Waals surface area (Å²) in [6.07, 6.45) is -1.42. The fraction of sp³-hybridized carbons (Fsp3) is 0.524. The van der Waals surface area contributed by atoms with E-state index >= 15 is 0 Å². The molecule has 290 valence electrons. The van der Waals surface area contributed by atoms with Gasteiger partial charge in [0, 0.05) is 6.61 Å². The first kappa shape index (κ1) is 42.1. The van der Waals surface area contributed by atoms with Crippen LogP contribution in [-0.4, -0.2) is 90.9 Å². The summed E-state index contributed by atoms with van der Waals surface area (Å²) in [4.78, 5) is 26.4. The molecule has 0 spiro atoms. The van der Waals surface area contributed by atoms with Crippen molar-refractivity contribution in [2.24, 2.45) is 0 Å². The highest BCUT2D eigenvalue weighted by molar-refractivity contribution is 5.72. The first-order valence-corrected chi connectivity index (χ1v) is 18.5. The normalized spacial score (nSPS) is 21.9. The summed E-state index contributed by atoms with van der Waals surface area (Å²) in [6.45, 7) is 12.0. The third-order valence-electron chi connectivity index (χ3n) is 8.50. The Labute approximate surface area is 315 Å². The van der Waals surface area contributed by atoms with Crippen molar-refractivity contribution in [3.05, 3.63) is 108 Å². The lowest BCUT2D eigenvalue weighted by molar-refractivity contribution is -0.170. The molecule has 0 aliphatic heterocycles. The number of hydrogen-bond acceptors (Lipinski definition) is 11. The van der Waals surface area contributed by atoms with Crippen LogP contribution >= 0.6 is 0 Å². The van der Waals surface area contributed by atoms with Crippen molar-refractivity contribution < 1.29 is 38.4 Å². The molecule has 0 amide bonds. The number of benzene rings is 3. The van der Waals surface area contributed by atoms with Gasteiger partial charge in [-0.25, -0.2) is 0 Å². The second-order valence-corrected chi connectivity index (χ2v) is 15.3. The molecule has 3 aromatic carbocycles. The van der Waals surface area contributed by atoms with Crippen LogP contribution < -0.4 is 16.0 Å². The molecule has 11 heteroatoms. The molecular weight excluding hydrogens is 674 g/mol. The molecule has 3 aromatic rings. The molecule has 4 unspecified atom stereocenters. The summed E-state index contributed by atoms with van der Waals surface area (Å²) in [7, 11) is 0. The quantitative estimate of drug-likeness (QED) is 0.101. The van der Waals surface area contributed by atoms with Crippen LogP contribution in [0.15, 0.2) is 91.0 Å². The number of carbonyl (C=O) groups excluding carboxylic acids is 2. The van der Waals surface area contributed by atoms with Crippen molar-refractivity contribution in [2.75, 3.05) is 26.2 Å². The standard InChI is InChI=1S/C42H59N3O8/c1-41(2,3)52-33(47)25-44-36-38(49-27-30-17-10-7-11-18-30)35(43-23-16-24-46)39(50-28-31-19-12-8-13-20-31)37(45-26-34(48)53-42(4,5)6)40(36)51-29-32-21-14-9-15-22-32/h7-15,17-22,35-40,43-46H,16,23-29H2,1-6H3. The fourth-order valence-corrected chi connectivity index (χ4v) is 6.36. The van der Waals surface area contributed by atoms with Gasteiger partial charge in [-0.1, -0.05) is 91.0 Å². The molecule has 4 atom stereocenters. The van der Waals surface area contributed by atoms with Crippen molar-refractivity contribution >= 4 is 11.9 Å². The van der Waals surface area contributed by atoms with Gasteiger partial charge in [0.15, 0.2) is 0 Å². The number of esters is 2. The van der Waals surface area contributed by atoms with Gasteiger partial charge in [-0.3, -0.25) is 20.2 Å². The van der Waals surface area contributed by atoms with Crippen molar-refractivity contribution in [1.82, 2.24) is 16.0 Å². The molecule has 0 bridgehead atoms. The second kappa shape index (κ2) is 20.7. The van der Waals surface area contributed by atoms with E-state index in [4.69, 9.17) is 23.7 Å². The highest BCUT2D eigenvalue weighted by Gasteiger charge is 2.53. The smallest absolute Gasteiger partial charge is 0.320 e. The Morgan fingerprint density at radius 3 is 1.17 bits per heavy atom. The predicted octanol–water partition coefficient (Wildman–Crippen LogP) is 4.70. The van der Waals surface area contributed by atoms with E-state index in [9.17, 15) is 14.7 Å². The summed E-state index contributed by atoms with van der Waals surface area (Å²) < 4.78 is 31.9. The van der Waals surface area contributed by atoms with E-state index in [2.05, 4.69) is 16.0 Å². The van der Waals surface area contributed by atoms with Crippen molar-refractivity contribution in [2.45, 2.75) is 115 Å². The molecule has 0 radical (unpaired) electrons. The van der Waals surface area contributed by atoms with Gasteiger partial charge >= 0.3 is 11.9 Å². The molecule has 0 saturated heterocycles. The minimum Gasteiger partial charge on any atom is -0.459 e. The van der Waals surface area contributed by atoms with Crippen LogP contribution in [0.1, 0.15) is 64.7 Å². The van der Waals surface area contributed by atoms with Gasteiger partial charge in [-0.2, -0.15) is 0 Å². The molecule has 53 heavy (non-hydrogen) atoms. The van der Waals surface area contributed by atoms with Gasteiger partial charge in [0.2, 0.25) is 0 Å². The Kier molecular flexibility index (Phi) is 16.4. The first-order chi connectivity index (χ1) is 25.3. The molecule has 4 rings (SSSR count). The van der Waals surface area contributed by atoms with Crippen molar-refractivity contribution in [3.8, 4) is 0 Å². The third kappa shape index (κ3) is 14.6. The van der Waals surface area contributed by atoms with Gasteiger partial charge in [0.25, 0.3) is 0 Å². The van der Waals surface area contributed by atoms with Crippen molar-refractivity contribution in [3.63, 3.8) is 0 Å². The summed E-state index contributed by atoms with van der Waals surface area (Å²) in [5.41, 5.74) is 1.54. The van der Waals surface area contributed by atoms with Gasteiger partial charge in [0.05, 0.1) is 69.3 Å². The number of aliphatic hydroxyl groups excluding tert-OH is 1. The van der Waals surface area contributed by atoms with E-state index < -0.39 is 59.6 Å². The number of aliphatic hydroxyl groups is 1. The van der Waals surface area contributed by atoms with Crippen LogP contribution in [0, 0.1) is 0 Å². The zero-order valence-electron chi connectivity index (χ0n) is 32.1. The summed E-state index contributed by atoms with van der Waals surface area (Å²) >= 11 is 0. The Hall–Kier alpha value is -3.68. The highest BCUT2D eigenvalue weighted by Crippen LogP contribution is 2.31. The lowest BCUT2D eigenvalue weighted by atomic mass is 9.78. The maximum atomic E-state index is 13.2. The van der Waals surface area contributed by atoms with Crippen molar-refractivity contribution in [1.29, 1.82) is 0 Å².